The summed E-state index contributed by atoms with van der Waals surface area (Å²) in [7, 11) is 3.50. The number of amides is 2. The van der Waals surface area contributed by atoms with Crippen LogP contribution in [0.1, 0.15) is 17.9 Å². The molecule has 5 aromatic rings. The zero-order chi connectivity index (χ0) is 28.8. The maximum atomic E-state index is 11.3. The minimum atomic E-state index is -0.657. The predicted octanol–water partition coefficient (Wildman–Crippen LogP) is 5.61. The molecule has 1 aliphatic rings. The third-order valence-corrected chi connectivity index (χ3v) is 7.54. The normalized spacial score (nSPS) is 14.3. The molecule has 1 saturated heterocycles. The van der Waals surface area contributed by atoms with Gasteiger partial charge in [0.2, 0.25) is 5.88 Å². The van der Waals surface area contributed by atoms with Gasteiger partial charge in [-0.25, -0.2) is 14.5 Å². The number of carbonyl (C=O) groups is 1. The second-order valence-corrected chi connectivity index (χ2v) is 10.3. The van der Waals surface area contributed by atoms with Gasteiger partial charge in [0, 0.05) is 44.0 Å². The van der Waals surface area contributed by atoms with Crippen molar-refractivity contribution in [1.82, 2.24) is 24.5 Å². The van der Waals surface area contributed by atoms with Crippen LogP contribution in [-0.4, -0.2) is 50.8 Å². The van der Waals surface area contributed by atoms with Crippen molar-refractivity contribution >= 4 is 33.5 Å². The largest absolute Gasteiger partial charge is 0.480 e. The fourth-order valence-electron chi connectivity index (χ4n) is 4.86. The Bertz CT molecular complexity index is 1600. The Kier molecular flexibility index (Phi) is 8.64. The van der Waals surface area contributed by atoms with Gasteiger partial charge in [0.05, 0.1) is 29.2 Å². The molecule has 4 heterocycles. The van der Waals surface area contributed by atoms with E-state index < -0.39 is 6.03 Å². The van der Waals surface area contributed by atoms with E-state index in [0.29, 0.717) is 21.9 Å². The summed E-state index contributed by atoms with van der Waals surface area (Å²) in [5, 5.41) is 11.3. The number of ether oxygens (including phenoxy) is 1. The first-order chi connectivity index (χ1) is 19.9. The van der Waals surface area contributed by atoms with Gasteiger partial charge in [-0.05, 0) is 52.2 Å². The van der Waals surface area contributed by atoms with Gasteiger partial charge in [0.15, 0.2) is 5.82 Å². The van der Waals surface area contributed by atoms with E-state index >= 15 is 0 Å². The molecule has 2 amide bonds. The van der Waals surface area contributed by atoms with Crippen LogP contribution in [0.25, 0.3) is 16.9 Å². The summed E-state index contributed by atoms with van der Waals surface area (Å²) in [6.45, 7) is 2.09. The number of carbonyl (C=O) groups excluding carboxylic acids is 1. The van der Waals surface area contributed by atoms with E-state index in [-0.39, 0.29) is 0 Å². The first-order valence-corrected chi connectivity index (χ1v) is 13.9. The Morgan fingerprint density at radius 2 is 1.80 bits per heavy atom. The molecule has 1 aliphatic heterocycles. The first kappa shape index (κ1) is 27.9. The number of rotatable bonds is 6. The van der Waals surface area contributed by atoms with Gasteiger partial charge in [-0.1, -0.05) is 48.5 Å². The molecular formula is C30H31BrN8O2. The maximum absolute atomic E-state index is 11.3. The quantitative estimate of drug-likeness (QED) is 0.257. The number of anilines is 2. The molecule has 1 atom stereocenters. The zero-order valence-corrected chi connectivity index (χ0v) is 24.4. The maximum Gasteiger partial charge on any atom is 0.317 e. The van der Waals surface area contributed by atoms with E-state index in [9.17, 15) is 4.79 Å². The van der Waals surface area contributed by atoms with Crippen molar-refractivity contribution in [3.63, 3.8) is 0 Å². The highest BCUT2D eigenvalue weighted by Gasteiger charge is 2.26. The number of methoxy groups -OCH3 is 1. The number of aryl methyl sites for hydroxylation is 1. The second kappa shape index (κ2) is 12.7. The van der Waals surface area contributed by atoms with Crippen LogP contribution in [0.15, 0.2) is 95.9 Å². The summed E-state index contributed by atoms with van der Waals surface area (Å²) in [4.78, 5) is 17.9. The lowest BCUT2D eigenvalue weighted by atomic mass is 9.99. The third kappa shape index (κ3) is 6.41. The van der Waals surface area contributed by atoms with Crippen LogP contribution in [0.2, 0.25) is 0 Å². The molecule has 6 rings (SSSR count). The number of halogens is 1. The van der Waals surface area contributed by atoms with Crippen LogP contribution in [-0.2, 0) is 7.05 Å². The molecule has 3 aromatic heterocycles. The highest BCUT2D eigenvalue weighted by atomic mass is 79.9. The topological polar surface area (TPSA) is 116 Å². The van der Waals surface area contributed by atoms with Crippen molar-refractivity contribution in [3.8, 4) is 22.8 Å². The fourth-order valence-corrected chi connectivity index (χ4v) is 5.44. The van der Waals surface area contributed by atoms with E-state index in [1.807, 2.05) is 49.6 Å². The van der Waals surface area contributed by atoms with Crippen molar-refractivity contribution in [3.05, 3.63) is 101 Å². The monoisotopic (exact) mass is 614 g/mol. The molecule has 0 bridgehead atoms. The lowest BCUT2D eigenvalue weighted by Crippen LogP contribution is -2.21. The zero-order valence-electron chi connectivity index (χ0n) is 22.8. The summed E-state index contributed by atoms with van der Waals surface area (Å²) in [6.07, 6.45) is 6.50. The minimum Gasteiger partial charge on any atom is -0.480 e. The van der Waals surface area contributed by atoms with Crippen LogP contribution in [0.3, 0.4) is 0 Å². The van der Waals surface area contributed by atoms with Gasteiger partial charge in [-0.2, -0.15) is 10.2 Å². The van der Waals surface area contributed by atoms with Gasteiger partial charge in [-0.3, -0.25) is 10.00 Å². The Morgan fingerprint density at radius 3 is 2.46 bits per heavy atom. The summed E-state index contributed by atoms with van der Waals surface area (Å²) in [6, 6.07) is 23.6. The number of hydrogen-bond acceptors (Lipinski definition) is 6. The van der Waals surface area contributed by atoms with Crippen molar-refractivity contribution in [2.45, 2.75) is 12.3 Å². The van der Waals surface area contributed by atoms with Gasteiger partial charge in [-0.15, -0.1) is 0 Å². The summed E-state index contributed by atoms with van der Waals surface area (Å²) in [5.74, 6) is 1.79. The molecular weight excluding hydrogens is 584 g/mol. The molecule has 41 heavy (non-hydrogen) atoms. The summed E-state index contributed by atoms with van der Waals surface area (Å²) >= 11 is 3.48. The van der Waals surface area contributed by atoms with Crippen LogP contribution >= 0.6 is 15.9 Å². The van der Waals surface area contributed by atoms with E-state index in [2.05, 4.69) is 77.7 Å². The Balaban J connectivity index is 0.000000166. The van der Waals surface area contributed by atoms with E-state index in [1.165, 1.54) is 12.0 Å². The number of hydrogen-bond donors (Lipinski definition) is 2. The van der Waals surface area contributed by atoms with E-state index in [0.717, 1.165) is 35.9 Å². The SMILES string of the molecule is COc1ncccc1N1CCC(c2ccccc2)C1.Cn1cc(-c2nn(-c3ccccc3)c(NC(N)=O)c2Br)cn1. The Labute approximate surface area is 246 Å². The van der Waals surface area contributed by atoms with Crippen molar-refractivity contribution in [2.24, 2.45) is 12.8 Å². The Hall–Kier alpha value is -4.64. The van der Waals surface area contributed by atoms with Crippen molar-refractivity contribution in [1.29, 1.82) is 0 Å². The highest BCUT2D eigenvalue weighted by molar-refractivity contribution is 9.10. The number of pyridine rings is 1. The molecule has 2 aromatic carbocycles. The highest BCUT2D eigenvalue weighted by Crippen LogP contribution is 2.36. The smallest absolute Gasteiger partial charge is 0.317 e. The molecule has 3 N–H and O–H groups in total. The van der Waals surface area contributed by atoms with Gasteiger partial charge < -0.3 is 15.4 Å². The average Bonchev–Trinajstić information content (AvgIpc) is 3.74. The average molecular weight is 616 g/mol. The standard InChI is InChI=1S/C16H18N2O.C14H13BrN6O/c1-19-16-15(8-5-10-17-16)18-11-9-14(12-18)13-6-3-2-4-7-13;1-20-8-9(7-17-20)12-11(15)13(18-14(16)22)21(19-12)10-5-3-2-4-6-10/h2-8,10,14H,9,11-12H2,1H3;2-8H,1H3,(H3,16,18,22). The number of urea groups is 1. The van der Waals surface area contributed by atoms with Crippen molar-refractivity contribution < 1.29 is 9.53 Å². The molecule has 0 spiro atoms. The van der Waals surface area contributed by atoms with Gasteiger partial charge in [0.1, 0.15) is 5.69 Å². The van der Waals surface area contributed by atoms with Crippen LogP contribution < -0.4 is 20.7 Å². The first-order valence-electron chi connectivity index (χ1n) is 13.1. The number of nitrogens with one attached hydrogen (secondary N) is 1. The number of para-hydroxylation sites is 1. The fraction of sp³-hybridized carbons (Fsp3) is 0.200. The number of nitrogens with two attached hydrogens (primary N) is 1. The number of benzene rings is 2. The number of aromatic nitrogens is 5. The predicted molar refractivity (Wildman–Crippen MR) is 163 cm³/mol. The molecule has 0 saturated carbocycles. The van der Waals surface area contributed by atoms with Crippen LogP contribution in [0.4, 0.5) is 16.3 Å². The summed E-state index contributed by atoms with van der Waals surface area (Å²) < 4.78 is 9.29. The van der Waals surface area contributed by atoms with Crippen molar-refractivity contribution in [2.75, 3.05) is 30.4 Å². The number of primary amides is 1. The summed E-state index contributed by atoms with van der Waals surface area (Å²) in [5.41, 5.74) is 10.1. The molecule has 11 heteroatoms. The third-order valence-electron chi connectivity index (χ3n) is 6.79. The van der Waals surface area contributed by atoms with Gasteiger partial charge >= 0.3 is 6.03 Å². The van der Waals surface area contributed by atoms with E-state index in [1.54, 1.807) is 28.9 Å². The molecule has 0 radical (unpaired) electrons. The second-order valence-electron chi connectivity index (χ2n) is 9.52. The molecule has 0 aliphatic carbocycles. The van der Waals surface area contributed by atoms with Crippen LogP contribution in [0, 0.1) is 0 Å². The Morgan fingerprint density at radius 1 is 1.07 bits per heavy atom. The lowest BCUT2D eigenvalue weighted by molar-refractivity contribution is 0.259. The molecule has 210 valence electrons. The number of nitrogens with zero attached hydrogens (tertiary/aromatic N) is 6. The van der Waals surface area contributed by atoms with Crippen LogP contribution in [0.5, 0.6) is 5.88 Å². The molecule has 1 unspecified atom stereocenters. The van der Waals surface area contributed by atoms with E-state index in [4.69, 9.17) is 10.5 Å². The minimum absolute atomic E-state index is 0.470. The molecule has 10 nitrogen and oxygen atoms in total. The van der Waals surface area contributed by atoms with Gasteiger partial charge in [0.25, 0.3) is 0 Å². The lowest BCUT2D eigenvalue weighted by Gasteiger charge is -2.20. The molecule has 1 fully saturated rings.